The van der Waals surface area contributed by atoms with Crippen molar-refractivity contribution in [3.63, 3.8) is 0 Å². The van der Waals surface area contributed by atoms with Crippen LogP contribution in [0, 0.1) is 10.1 Å². The molecule has 0 aliphatic rings. The van der Waals surface area contributed by atoms with Crippen LogP contribution < -0.4 is 5.32 Å². The van der Waals surface area contributed by atoms with Crippen LogP contribution in [0.5, 0.6) is 0 Å². The maximum atomic E-state index is 11.5. The Balaban J connectivity index is 2.53. The van der Waals surface area contributed by atoms with Crippen molar-refractivity contribution < 1.29 is 14.5 Å². The van der Waals surface area contributed by atoms with Crippen molar-refractivity contribution >= 4 is 11.6 Å². The van der Waals surface area contributed by atoms with Crippen LogP contribution in [0.1, 0.15) is 26.3 Å². The molecule has 0 atom stereocenters. The van der Waals surface area contributed by atoms with Crippen molar-refractivity contribution in [2.45, 2.75) is 32.9 Å². The maximum Gasteiger partial charge on any atom is 0.274 e. The Hall–Kier alpha value is -1.95. The average Bonchev–Trinajstić information content (AvgIpc) is 2.33. The zero-order valence-corrected chi connectivity index (χ0v) is 11.3. The standard InChI is InChI=1S/C13H18N2O4/c1-13(2,3)19-9-12(16)14-8-10-6-4-5-7-11(10)15(17)18/h4-7H,8-9H2,1-3H3,(H,14,16). The summed E-state index contributed by atoms with van der Waals surface area (Å²) in [7, 11) is 0. The van der Waals surface area contributed by atoms with Crippen LogP contribution in [-0.4, -0.2) is 23.0 Å². The number of nitrogens with one attached hydrogen (secondary N) is 1. The second-order valence-corrected chi connectivity index (χ2v) is 5.06. The lowest BCUT2D eigenvalue weighted by Gasteiger charge is -2.18. The summed E-state index contributed by atoms with van der Waals surface area (Å²) in [5.41, 5.74) is 0.0759. The molecular formula is C13H18N2O4. The number of amides is 1. The van der Waals surface area contributed by atoms with Gasteiger partial charge in [0, 0.05) is 18.2 Å². The predicted octanol–water partition coefficient (Wildman–Crippen LogP) is 2.03. The maximum absolute atomic E-state index is 11.5. The summed E-state index contributed by atoms with van der Waals surface area (Å²) in [6.07, 6.45) is 0. The van der Waals surface area contributed by atoms with E-state index in [0.717, 1.165) is 0 Å². The van der Waals surface area contributed by atoms with E-state index in [2.05, 4.69) is 5.32 Å². The van der Waals surface area contributed by atoms with Gasteiger partial charge in [-0.15, -0.1) is 0 Å². The van der Waals surface area contributed by atoms with Crippen LogP contribution in [0.2, 0.25) is 0 Å². The van der Waals surface area contributed by atoms with Crippen molar-refractivity contribution in [1.29, 1.82) is 0 Å². The Kier molecular flexibility index (Phi) is 5.00. The number of benzene rings is 1. The fourth-order valence-corrected chi connectivity index (χ4v) is 1.37. The van der Waals surface area contributed by atoms with Gasteiger partial charge in [0.05, 0.1) is 10.5 Å². The molecule has 0 bridgehead atoms. The number of rotatable bonds is 5. The number of nitro groups is 1. The molecule has 1 N–H and O–H groups in total. The minimum atomic E-state index is -0.465. The largest absolute Gasteiger partial charge is 0.366 e. The van der Waals surface area contributed by atoms with Gasteiger partial charge >= 0.3 is 0 Å². The molecule has 0 saturated carbocycles. The first-order chi connectivity index (χ1) is 8.79. The van der Waals surface area contributed by atoms with Gasteiger partial charge < -0.3 is 10.1 Å². The molecule has 0 saturated heterocycles. The van der Waals surface area contributed by atoms with Gasteiger partial charge in [0.2, 0.25) is 5.91 Å². The molecular weight excluding hydrogens is 248 g/mol. The molecule has 0 unspecified atom stereocenters. The molecule has 0 aromatic heterocycles. The van der Waals surface area contributed by atoms with Gasteiger partial charge in [-0.2, -0.15) is 0 Å². The summed E-state index contributed by atoms with van der Waals surface area (Å²) >= 11 is 0. The highest BCUT2D eigenvalue weighted by Gasteiger charge is 2.15. The first-order valence-electron chi connectivity index (χ1n) is 5.92. The summed E-state index contributed by atoms with van der Waals surface area (Å²) < 4.78 is 5.31. The van der Waals surface area contributed by atoms with Crippen molar-refractivity contribution in [2.24, 2.45) is 0 Å². The highest BCUT2D eigenvalue weighted by molar-refractivity contribution is 5.77. The molecule has 6 nitrogen and oxygen atoms in total. The highest BCUT2D eigenvalue weighted by Crippen LogP contribution is 2.17. The van der Waals surface area contributed by atoms with Gasteiger partial charge in [-0.3, -0.25) is 14.9 Å². The van der Waals surface area contributed by atoms with E-state index >= 15 is 0 Å². The number of carbonyl (C=O) groups is 1. The van der Waals surface area contributed by atoms with E-state index in [1.807, 2.05) is 20.8 Å². The molecule has 104 valence electrons. The lowest BCUT2D eigenvalue weighted by molar-refractivity contribution is -0.385. The number of carbonyl (C=O) groups excluding carboxylic acids is 1. The molecule has 6 heteroatoms. The molecule has 0 fully saturated rings. The van der Waals surface area contributed by atoms with E-state index in [0.29, 0.717) is 5.56 Å². The van der Waals surface area contributed by atoms with Gasteiger partial charge in [0.1, 0.15) is 6.61 Å². The quantitative estimate of drug-likeness (QED) is 0.653. The monoisotopic (exact) mass is 266 g/mol. The summed E-state index contributed by atoms with van der Waals surface area (Å²) in [4.78, 5) is 21.9. The summed E-state index contributed by atoms with van der Waals surface area (Å²) in [6, 6.07) is 6.31. The molecule has 19 heavy (non-hydrogen) atoms. The van der Waals surface area contributed by atoms with Gasteiger partial charge in [-0.25, -0.2) is 0 Å². The molecule has 1 amide bonds. The molecule has 1 rings (SSSR count). The summed E-state index contributed by atoms with van der Waals surface area (Å²) in [6.45, 7) is 5.60. The SMILES string of the molecule is CC(C)(C)OCC(=O)NCc1ccccc1[N+](=O)[O-]. The van der Waals surface area contributed by atoms with E-state index in [1.54, 1.807) is 18.2 Å². The predicted molar refractivity (Wildman–Crippen MR) is 70.6 cm³/mol. The third-order valence-electron chi connectivity index (χ3n) is 2.30. The van der Waals surface area contributed by atoms with Crippen LogP contribution in [-0.2, 0) is 16.1 Å². The molecule has 1 aromatic rings. The minimum absolute atomic E-state index is 0.000426. The summed E-state index contributed by atoms with van der Waals surface area (Å²) in [5, 5.41) is 13.4. The van der Waals surface area contributed by atoms with E-state index < -0.39 is 10.5 Å². The van der Waals surface area contributed by atoms with Crippen molar-refractivity contribution in [1.82, 2.24) is 5.32 Å². The number of nitrogens with zero attached hydrogens (tertiary/aromatic N) is 1. The van der Waals surface area contributed by atoms with Crippen molar-refractivity contribution in [3.05, 3.63) is 39.9 Å². The zero-order valence-electron chi connectivity index (χ0n) is 11.3. The van der Waals surface area contributed by atoms with Gasteiger partial charge in [-0.1, -0.05) is 18.2 Å². The topological polar surface area (TPSA) is 81.5 Å². The van der Waals surface area contributed by atoms with Crippen LogP contribution in [0.25, 0.3) is 0 Å². The molecule has 0 aliphatic carbocycles. The van der Waals surface area contributed by atoms with Crippen molar-refractivity contribution in [3.8, 4) is 0 Å². The fraction of sp³-hybridized carbons (Fsp3) is 0.462. The Morgan fingerprint density at radius 2 is 2.00 bits per heavy atom. The number of hydrogen-bond donors (Lipinski definition) is 1. The van der Waals surface area contributed by atoms with Crippen LogP contribution >= 0.6 is 0 Å². The Bertz CT molecular complexity index is 466. The fourth-order valence-electron chi connectivity index (χ4n) is 1.37. The Morgan fingerprint density at radius 1 is 1.37 bits per heavy atom. The first-order valence-corrected chi connectivity index (χ1v) is 5.92. The van der Waals surface area contributed by atoms with Gasteiger partial charge in [0.15, 0.2) is 0 Å². The van der Waals surface area contributed by atoms with Crippen LogP contribution in [0.15, 0.2) is 24.3 Å². The van der Waals surface area contributed by atoms with Gasteiger partial charge in [-0.05, 0) is 20.8 Å². The van der Waals surface area contributed by atoms with Crippen LogP contribution in [0.3, 0.4) is 0 Å². The Morgan fingerprint density at radius 3 is 2.58 bits per heavy atom. The molecule has 0 spiro atoms. The number of ether oxygens (including phenoxy) is 1. The smallest absolute Gasteiger partial charge is 0.274 e. The molecule has 1 aromatic carbocycles. The number of para-hydroxylation sites is 1. The van der Waals surface area contributed by atoms with E-state index in [1.165, 1.54) is 6.07 Å². The third-order valence-corrected chi connectivity index (χ3v) is 2.30. The van der Waals surface area contributed by atoms with E-state index in [4.69, 9.17) is 4.74 Å². The molecule has 0 heterocycles. The van der Waals surface area contributed by atoms with Crippen LogP contribution in [0.4, 0.5) is 5.69 Å². The lowest BCUT2D eigenvalue weighted by atomic mass is 10.2. The summed E-state index contributed by atoms with van der Waals surface area (Å²) in [5.74, 6) is -0.298. The third kappa shape index (κ3) is 5.48. The molecule has 0 aliphatic heterocycles. The van der Waals surface area contributed by atoms with Gasteiger partial charge in [0.25, 0.3) is 5.69 Å². The highest BCUT2D eigenvalue weighted by atomic mass is 16.6. The number of nitro benzene ring substituents is 1. The zero-order chi connectivity index (χ0) is 14.5. The Labute approximate surface area is 111 Å². The number of hydrogen-bond acceptors (Lipinski definition) is 4. The first kappa shape index (κ1) is 15.1. The average molecular weight is 266 g/mol. The van der Waals surface area contributed by atoms with Crippen molar-refractivity contribution in [2.75, 3.05) is 6.61 Å². The van der Waals surface area contributed by atoms with E-state index in [9.17, 15) is 14.9 Å². The molecule has 0 radical (unpaired) electrons. The normalized spacial score (nSPS) is 11.1. The second-order valence-electron chi connectivity index (χ2n) is 5.06. The van der Waals surface area contributed by atoms with E-state index in [-0.39, 0.29) is 24.7 Å². The minimum Gasteiger partial charge on any atom is -0.366 e. The second kappa shape index (κ2) is 6.29. The lowest BCUT2D eigenvalue weighted by Crippen LogP contribution is -2.31.